The lowest BCUT2D eigenvalue weighted by molar-refractivity contribution is 0.144. The first-order chi connectivity index (χ1) is 8.56. The number of tetrazole rings is 1. The van der Waals surface area contributed by atoms with Gasteiger partial charge in [-0.1, -0.05) is 37.6 Å². The van der Waals surface area contributed by atoms with E-state index >= 15 is 0 Å². The summed E-state index contributed by atoms with van der Waals surface area (Å²) in [5.41, 5.74) is 0.780. The quantitative estimate of drug-likeness (QED) is 0.921. The van der Waals surface area contributed by atoms with Gasteiger partial charge < -0.3 is 5.11 Å². The smallest absolute Gasteiger partial charge is 0.177 e. The van der Waals surface area contributed by atoms with Crippen molar-refractivity contribution in [2.75, 3.05) is 0 Å². The number of aromatic nitrogens is 4. The molecular formula is C12H15ClN4O. The maximum atomic E-state index is 10.0. The molecule has 6 heteroatoms. The van der Waals surface area contributed by atoms with Crippen LogP contribution >= 0.6 is 11.6 Å². The Morgan fingerprint density at radius 3 is 2.50 bits per heavy atom. The second-order valence-electron chi connectivity index (χ2n) is 4.42. The Balaban J connectivity index is 2.06. The zero-order chi connectivity index (χ0) is 13.1. The average molecular weight is 267 g/mol. The molecule has 0 unspecified atom stereocenters. The topological polar surface area (TPSA) is 63.8 Å². The summed E-state index contributed by atoms with van der Waals surface area (Å²) in [6.45, 7) is 4.27. The zero-order valence-corrected chi connectivity index (χ0v) is 11.0. The normalized spacial score (nSPS) is 12.9. The van der Waals surface area contributed by atoms with Crippen LogP contribution in [0.2, 0.25) is 5.02 Å². The van der Waals surface area contributed by atoms with Crippen LogP contribution in [0.5, 0.6) is 0 Å². The van der Waals surface area contributed by atoms with Crippen molar-refractivity contribution in [2.24, 2.45) is 0 Å². The molecule has 2 aromatic rings. The maximum Gasteiger partial charge on any atom is 0.177 e. The van der Waals surface area contributed by atoms with Gasteiger partial charge in [-0.05, 0) is 22.9 Å². The van der Waals surface area contributed by atoms with Crippen LogP contribution in [-0.4, -0.2) is 25.3 Å². The minimum atomic E-state index is -0.670. The van der Waals surface area contributed by atoms with Gasteiger partial charge in [-0.2, -0.15) is 4.80 Å². The Kier molecular flexibility index (Phi) is 3.93. The van der Waals surface area contributed by atoms with E-state index in [9.17, 15) is 5.11 Å². The number of rotatable bonds is 4. The van der Waals surface area contributed by atoms with Gasteiger partial charge in [0.2, 0.25) is 0 Å². The molecule has 0 bridgehead atoms. The van der Waals surface area contributed by atoms with Gasteiger partial charge in [0, 0.05) is 10.9 Å². The first-order valence-corrected chi connectivity index (χ1v) is 6.15. The van der Waals surface area contributed by atoms with Gasteiger partial charge in [-0.15, -0.1) is 10.2 Å². The predicted octanol–water partition coefficient (Wildman–Crippen LogP) is 2.18. The minimum absolute atomic E-state index is 0.228. The van der Waals surface area contributed by atoms with Crippen molar-refractivity contribution < 1.29 is 5.11 Å². The van der Waals surface area contributed by atoms with Gasteiger partial charge in [-0.3, -0.25) is 0 Å². The summed E-state index contributed by atoms with van der Waals surface area (Å²) in [7, 11) is 0. The van der Waals surface area contributed by atoms with Gasteiger partial charge in [0.1, 0.15) is 6.10 Å². The molecule has 0 radical (unpaired) electrons. The standard InChI is InChI=1S/C12H15ClN4O/c1-8(2)12-14-16-17(15-12)7-11(18)9-3-5-10(13)6-4-9/h3-6,8,11,18H,7H2,1-2H3/t11-/m0/s1. The number of aliphatic hydroxyl groups excluding tert-OH is 1. The van der Waals surface area contributed by atoms with Gasteiger partial charge in [0.15, 0.2) is 5.82 Å². The van der Waals surface area contributed by atoms with Crippen LogP contribution in [0.4, 0.5) is 0 Å². The highest BCUT2D eigenvalue weighted by Crippen LogP contribution is 2.17. The Hall–Kier alpha value is -1.46. The van der Waals surface area contributed by atoms with Crippen molar-refractivity contribution in [1.82, 2.24) is 20.2 Å². The number of benzene rings is 1. The van der Waals surface area contributed by atoms with Crippen LogP contribution in [0.3, 0.4) is 0 Å². The highest BCUT2D eigenvalue weighted by atomic mass is 35.5. The van der Waals surface area contributed by atoms with Gasteiger partial charge in [0.05, 0.1) is 6.54 Å². The lowest BCUT2D eigenvalue weighted by atomic mass is 10.1. The van der Waals surface area contributed by atoms with E-state index in [1.54, 1.807) is 24.3 Å². The molecule has 0 aliphatic carbocycles. The van der Waals surface area contributed by atoms with Gasteiger partial charge in [0.25, 0.3) is 0 Å². The number of aliphatic hydroxyl groups is 1. The third-order valence-corrected chi connectivity index (χ3v) is 2.83. The highest BCUT2D eigenvalue weighted by Gasteiger charge is 2.12. The third kappa shape index (κ3) is 3.05. The zero-order valence-electron chi connectivity index (χ0n) is 10.3. The molecule has 18 heavy (non-hydrogen) atoms. The molecule has 1 atom stereocenters. The summed E-state index contributed by atoms with van der Waals surface area (Å²) in [4.78, 5) is 1.41. The molecule has 0 saturated heterocycles. The van der Waals surface area contributed by atoms with Crippen LogP contribution in [-0.2, 0) is 6.54 Å². The van der Waals surface area contributed by atoms with Crippen LogP contribution in [0, 0.1) is 0 Å². The molecule has 0 aliphatic heterocycles. The molecule has 0 saturated carbocycles. The summed E-state index contributed by atoms with van der Waals surface area (Å²) in [6.07, 6.45) is -0.670. The molecule has 96 valence electrons. The molecule has 1 N–H and O–H groups in total. The summed E-state index contributed by atoms with van der Waals surface area (Å²) < 4.78 is 0. The Morgan fingerprint density at radius 2 is 1.94 bits per heavy atom. The number of nitrogens with zero attached hydrogens (tertiary/aromatic N) is 4. The van der Waals surface area contributed by atoms with Crippen molar-refractivity contribution in [3.8, 4) is 0 Å². The van der Waals surface area contributed by atoms with E-state index in [2.05, 4.69) is 15.4 Å². The van der Waals surface area contributed by atoms with Crippen molar-refractivity contribution in [1.29, 1.82) is 0 Å². The second-order valence-corrected chi connectivity index (χ2v) is 4.86. The molecule has 2 rings (SSSR count). The molecule has 1 heterocycles. The van der Waals surface area contributed by atoms with Gasteiger partial charge in [-0.25, -0.2) is 0 Å². The fraction of sp³-hybridized carbons (Fsp3) is 0.417. The van der Waals surface area contributed by atoms with E-state index in [1.807, 2.05) is 13.8 Å². The van der Waals surface area contributed by atoms with Crippen LogP contribution in [0.15, 0.2) is 24.3 Å². The molecular weight excluding hydrogens is 252 g/mol. The summed E-state index contributed by atoms with van der Waals surface area (Å²) in [6, 6.07) is 7.06. The summed E-state index contributed by atoms with van der Waals surface area (Å²) >= 11 is 5.79. The van der Waals surface area contributed by atoms with E-state index < -0.39 is 6.10 Å². The van der Waals surface area contributed by atoms with E-state index in [0.29, 0.717) is 10.8 Å². The minimum Gasteiger partial charge on any atom is -0.386 e. The van der Waals surface area contributed by atoms with E-state index in [1.165, 1.54) is 4.80 Å². The molecule has 0 spiro atoms. The maximum absolute atomic E-state index is 10.0. The van der Waals surface area contributed by atoms with E-state index in [-0.39, 0.29) is 12.5 Å². The Bertz CT molecular complexity index is 509. The largest absolute Gasteiger partial charge is 0.386 e. The molecule has 1 aromatic heterocycles. The number of hydrogen-bond acceptors (Lipinski definition) is 4. The Morgan fingerprint density at radius 1 is 1.28 bits per heavy atom. The monoisotopic (exact) mass is 266 g/mol. The summed E-state index contributed by atoms with van der Waals surface area (Å²) in [5.74, 6) is 0.907. The first-order valence-electron chi connectivity index (χ1n) is 5.77. The van der Waals surface area contributed by atoms with E-state index in [0.717, 1.165) is 5.56 Å². The SMILES string of the molecule is CC(C)c1nnn(C[C@H](O)c2ccc(Cl)cc2)n1. The Labute approximate surface area is 110 Å². The first kappa shape index (κ1) is 13.0. The molecule has 0 fully saturated rings. The van der Waals surface area contributed by atoms with Crippen molar-refractivity contribution >= 4 is 11.6 Å². The second kappa shape index (κ2) is 5.46. The lowest BCUT2D eigenvalue weighted by Gasteiger charge is -2.09. The third-order valence-electron chi connectivity index (χ3n) is 2.58. The van der Waals surface area contributed by atoms with Crippen molar-refractivity contribution in [3.63, 3.8) is 0 Å². The van der Waals surface area contributed by atoms with Crippen molar-refractivity contribution in [2.45, 2.75) is 32.4 Å². The van der Waals surface area contributed by atoms with Gasteiger partial charge >= 0.3 is 0 Å². The van der Waals surface area contributed by atoms with Crippen LogP contribution < -0.4 is 0 Å². The average Bonchev–Trinajstić information content (AvgIpc) is 2.78. The summed E-state index contributed by atoms with van der Waals surface area (Å²) in [5, 5.41) is 22.7. The molecule has 0 aliphatic rings. The van der Waals surface area contributed by atoms with Crippen LogP contribution in [0.25, 0.3) is 0 Å². The van der Waals surface area contributed by atoms with Crippen molar-refractivity contribution in [3.05, 3.63) is 40.7 Å². The molecule has 5 nitrogen and oxygen atoms in total. The molecule has 0 amide bonds. The van der Waals surface area contributed by atoms with E-state index in [4.69, 9.17) is 11.6 Å². The predicted molar refractivity (Wildman–Crippen MR) is 68.3 cm³/mol. The number of halogens is 1. The van der Waals surface area contributed by atoms with Crippen LogP contribution in [0.1, 0.15) is 37.3 Å². The fourth-order valence-corrected chi connectivity index (χ4v) is 1.63. The lowest BCUT2D eigenvalue weighted by Crippen LogP contribution is -2.11. The molecule has 1 aromatic carbocycles. The highest BCUT2D eigenvalue weighted by molar-refractivity contribution is 6.30. The fourth-order valence-electron chi connectivity index (χ4n) is 1.51. The number of hydrogen-bond donors (Lipinski definition) is 1.